The van der Waals surface area contributed by atoms with Crippen molar-refractivity contribution < 1.29 is 9.53 Å². The molecule has 2 aliphatic heterocycles. The lowest BCUT2D eigenvalue weighted by Gasteiger charge is -2.38. The minimum Gasteiger partial charge on any atom is -0.444 e. The summed E-state index contributed by atoms with van der Waals surface area (Å²) in [7, 11) is 0. The Hall–Kier alpha value is -0.770. The first kappa shape index (κ1) is 13.7. The van der Waals surface area contributed by atoms with Gasteiger partial charge in [-0.15, -0.1) is 0 Å². The molecule has 2 fully saturated rings. The van der Waals surface area contributed by atoms with E-state index >= 15 is 0 Å². The van der Waals surface area contributed by atoms with Crippen molar-refractivity contribution >= 4 is 6.09 Å². The number of nitrogens with zero attached hydrogens (tertiary/aromatic N) is 1. The van der Waals surface area contributed by atoms with Crippen molar-refractivity contribution in [1.82, 2.24) is 10.2 Å². The van der Waals surface area contributed by atoms with E-state index in [2.05, 4.69) is 5.32 Å². The van der Waals surface area contributed by atoms with Gasteiger partial charge in [0.25, 0.3) is 0 Å². The highest BCUT2D eigenvalue weighted by Gasteiger charge is 2.44. The van der Waals surface area contributed by atoms with Crippen LogP contribution in [0, 0.1) is 0 Å². The number of ether oxygens (including phenoxy) is 1. The van der Waals surface area contributed by atoms with Crippen LogP contribution in [0.15, 0.2) is 0 Å². The second-order valence-corrected chi connectivity index (χ2v) is 6.59. The second-order valence-electron chi connectivity index (χ2n) is 6.59. The highest BCUT2D eigenvalue weighted by molar-refractivity contribution is 5.69. The van der Waals surface area contributed by atoms with Crippen LogP contribution in [0.2, 0.25) is 0 Å². The molecule has 2 aliphatic rings. The fourth-order valence-corrected chi connectivity index (χ4v) is 3.10. The molecule has 2 heterocycles. The van der Waals surface area contributed by atoms with Gasteiger partial charge in [-0.25, -0.2) is 4.79 Å². The minimum atomic E-state index is -0.404. The summed E-state index contributed by atoms with van der Waals surface area (Å²) >= 11 is 0. The first-order valence-corrected chi connectivity index (χ1v) is 7.14. The Balaban J connectivity index is 2.08. The number of hydrogen-bond donors (Lipinski definition) is 1. The average molecular weight is 254 g/mol. The summed E-state index contributed by atoms with van der Waals surface area (Å²) < 4.78 is 5.55. The molecule has 1 unspecified atom stereocenters. The highest BCUT2D eigenvalue weighted by atomic mass is 16.6. The first-order chi connectivity index (χ1) is 8.43. The number of nitrogens with one attached hydrogen (secondary N) is 1. The van der Waals surface area contributed by atoms with Crippen LogP contribution in [0.4, 0.5) is 4.79 Å². The van der Waals surface area contributed by atoms with Crippen LogP contribution in [0.5, 0.6) is 0 Å². The molecule has 0 saturated carbocycles. The maximum Gasteiger partial charge on any atom is 0.410 e. The Kier molecular flexibility index (Phi) is 3.85. The molecule has 1 atom stereocenters. The largest absolute Gasteiger partial charge is 0.444 e. The second kappa shape index (κ2) is 5.08. The van der Waals surface area contributed by atoms with E-state index in [4.69, 9.17) is 4.74 Å². The molecule has 1 spiro atoms. The molecule has 2 saturated heterocycles. The molecular formula is C14H26N2O2. The molecule has 2 rings (SSSR count). The molecule has 1 N–H and O–H groups in total. The zero-order chi connectivity index (χ0) is 13.2. The molecule has 104 valence electrons. The molecule has 4 nitrogen and oxygen atoms in total. The molecule has 0 bridgehead atoms. The predicted molar refractivity (Wildman–Crippen MR) is 71.6 cm³/mol. The quantitative estimate of drug-likeness (QED) is 0.722. The lowest BCUT2D eigenvalue weighted by Crippen LogP contribution is -2.53. The van der Waals surface area contributed by atoms with E-state index in [1.54, 1.807) is 0 Å². The van der Waals surface area contributed by atoms with Gasteiger partial charge in [0.1, 0.15) is 5.60 Å². The Morgan fingerprint density at radius 1 is 1.22 bits per heavy atom. The number of carbonyl (C=O) groups is 1. The molecule has 4 heteroatoms. The standard InChI is InChI=1S/C14H26N2O2/c1-13(2,3)18-12(17)16-10-6-8-14(16)7-4-5-9-15-11-14/h15H,4-11H2,1-3H3. The summed E-state index contributed by atoms with van der Waals surface area (Å²) in [5.74, 6) is 0. The normalized spacial score (nSPS) is 29.4. The van der Waals surface area contributed by atoms with Gasteiger partial charge < -0.3 is 15.0 Å². The van der Waals surface area contributed by atoms with Crippen LogP contribution in [0.25, 0.3) is 0 Å². The van der Waals surface area contributed by atoms with Gasteiger partial charge in [-0.05, 0) is 59.4 Å². The van der Waals surface area contributed by atoms with Gasteiger partial charge in [0.05, 0.1) is 5.54 Å². The lowest BCUT2D eigenvalue weighted by molar-refractivity contribution is 0.00703. The van der Waals surface area contributed by atoms with E-state index in [9.17, 15) is 4.79 Å². The molecule has 0 aliphatic carbocycles. The van der Waals surface area contributed by atoms with Crippen molar-refractivity contribution in [2.45, 2.75) is 64.0 Å². The summed E-state index contributed by atoms with van der Waals surface area (Å²) in [6, 6.07) is 0. The lowest BCUT2D eigenvalue weighted by atomic mass is 9.91. The van der Waals surface area contributed by atoms with Gasteiger partial charge in [0.2, 0.25) is 0 Å². The Bertz CT molecular complexity index is 301. The fraction of sp³-hybridized carbons (Fsp3) is 0.929. The van der Waals surface area contributed by atoms with Crippen LogP contribution in [0.1, 0.15) is 52.9 Å². The number of rotatable bonds is 0. The molecule has 1 amide bonds. The smallest absolute Gasteiger partial charge is 0.410 e. The maximum atomic E-state index is 12.3. The SMILES string of the molecule is CC(C)(C)OC(=O)N1CCCC12CCCCNC2. The highest BCUT2D eigenvalue weighted by Crippen LogP contribution is 2.35. The third-order valence-electron chi connectivity index (χ3n) is 3.91. The molecule has 0 radical (unpaired) electrons. The van der Waals surface area contributed by atoms with Gasteiger partial charge in [-0.2, -0.15) is 0 Å². The van der Waals surface area contributed by atoms with E-state index in [1.807, 2.05) is 25.7 Å². The first-order valence-electron chi connectivity index (χ1n) is 7.14. The van der Waals surface area contributed by atoms with Crippen LogP contribution >= 0.6 is 0 Å². The third kappa shape index (κ3) is 2.97. The fourth-order valence-electron chi connectivity index (χ4n) is 3.10. The van der Waals surface area contributed by atoms with Crippen molar-refractivity contribution in [2.24, 2.45) is 0 Å². The average Bonchev–Trinajstić information content (AvgIpc) is 2.49. The van der Waals surface area contributed by atoms with Crippen molar-refractivity contribution in [1.29, 1.82) is 0 Å². The molecule has 0 aromatic heterocycles. The number of hydrogen-bond acceptors (Lipinski definition) is 3. The summed E-state index contributed by atoms with van der Waals surface area (Å²) in [6.07, 6.45) is 5.60. The summed E-state index contributed by atoms with van der Waals surface area (Å²) in [5, 5.41) is 3.48. The Morgan fingerprint density at radius 2 is 1.94 bits per heavy atom. The Morgan fingerprint density at radius 3 is 2.67 bits per heavy atom. The van der Waals surface area contributed by atoms with Gasteiger partial charge in [0, 0.05) is 13.1 Å². The number of carbonyl (C=O) groups excluding carboxylic acids is 1. The van der Waals surface area contributed by atoms with E-state index in [1.165, 1.54) is 12.8 Å². The van der Waals surface area contributed by atoms with Crippen molar-refractivity contribution in [3.8, 4) is 0 Å². The van der Waals surface area contributed by atoms with Crippen molar-refractivity contribution in [3.63, 3.8) is 0 Å². The number of likely N-dealkylation sites (tertiary alicyclic amines) is 1. The van der Waals surface area contributed by atoms with E-state index in [-0.39, 0.29) is 11.6 Å². The molecule has 0 aromatic carbocycles. The minimum absolute atomic E-state index is 0.0127. The van der Waals surface area contributed by atoms with E-state index in [0.29, 0.717) is 0 Å². The van der Waals surface area contributed by atoms with Gasteiger partial charge >= 0.3 is 6.09 Å². The summed E-state index contributed by atoms with van der Waals surface area (Å²) in [6.45, 7) is 8.63. The van der Waals surface area contributed by atoms with E-state index < -0.39 is 5.60 Å². The van der Waals surface area contributed by atoms with Gasteiger partial charge in [0.15, 0.2) is 0 Å². The summed E-state index contributed by atoms with van der Waals surface area (Å²) in [4.78, 5) is 14.3. The number of amides is 1. The third-order valence-corrected chi connectivity index (χ3v) is 3.91. The van der Waals surface area contributed by atoms with Crippen LogP contribution in [0.3, 0.4) is 0 Å². The van der Waals surface area contributed by atoms with Crippen molar-refractivity contribution in [2.75, 3.05) is 19.6 Å². The maximum absolute atomic E-state index is 12.3. The van der Waals surface area contributed by atoms with Gasteiger partial charge in [-0.1, -0.05) is 0 Å². The van der Waals surface area contributed by atoms with Crippen LogP contribution < -0.4 is 5.32 Å². The van der Waals surface area contributed by atoms with Crippen molar-refractivity contribution in [3.05, 3.63) is 0 Å². The van der Waals surface area contributed by atoms with Crippen LogP contribution in [-0.4, -0.2) is 41.8 Å². The zero-order valence-corrected chi connectivity index (χ0v) is 11.9. The topological polar surface area (TPSA) is 41.6 Å². The predicted octanol–water partition coefficient (Wildman–Crippen LogP) is 2.53. The Labute approximate surface area is 110 Å². The molecule has 18 heavy (non-hydrogen) atoms. The summed E-state index contributed by atoms with van der Waals surface area (Å²) in [5.41, 5.74) is -0.391. The van der Waals surface area contributed by atoms with Crippen LogP contribution in [-0.2, 0) is 4.74 Å². The monoisotopic (exact) mass is 254 g/mol. The molecular weight excluding hydrogens is 228 g/mol. The van der Waals surface area contributed by atoms with E-state index in [0.717, 1.165) is 38.9 Å². The zero-order valence-electron chi connectivity index (χ0n) is 11.9. The van der Waals surface area contributed by atoms with Gasteiger partial charge in [-0.3, -0.25) is 0 Å². The molecule has 0 aromatic rings.